The molecular weight excluding hydrogens is 232 g/mol. The van der Waals surface area contributed by atoms with E-state index in [2.05, 4.69) is 10.5 Å². The molecule has 6 nitrogen and oxygen atoms in total. The Bertz CT molecular complexity index is 418. The summed E-state index contributed by atoms with van der Waals surface area (Å²) in [5.41, 5.74) is 2.86. The minimum atomic E-state index is 0.385. The smallest absolute Gasteiger partial charge is 0.238 e. The summed E-state index contributed by atoms with van der Waals surface area (Å²) in [6.07, 6.45) is 0.712. The van der Waals surface area contributed by atoms with E-state index in [1.807, 2.05) is 21.0 Å². The zero-order chi connectivity index (χ0) is 11.6. The summed E-state index contributed by atoms with van der Waals surface area (Å²) in [4.78, 5) is 3.15. The van der Waals surface area contributed by atoms with Crippen molar-refractivity contribution < 1.29 is 0 Å². The molecule has 0 bridgehead atoms. The first-order valence-electron chi connectivity index (χ1n) is 4.41. The number of hydrogen-bond donors (Lipinski definition) is 2. The van der Waals surface area contributed by atoms with Gasteiger partial charge < -0.3 is 10.7 Å². The number of nitrogens with two attached hydrogens (primary N) is 1. The molecule has 15 heavy (non-hydrogen) atoms. The van der Waals surface area contributed by atoms with Crippen LogP contribution in [0.15, 0.2) is 0 Å². The monoisotopic (exact) mass is 246 g/mol. The van der Waals surface area contributed by atoms with Gasteiger partial charge in [-0.15, -0.1) is 9.89 Å². The first-order chi connectivity index (χ1) is 6.97. The average Bonchev–Trinajstić information content (AvgIpc) is 2.45. The van der Waals surface area contributed by atoms with Crippen LogP contribution in [0.25, 0.3) is 0 Å². The van der Waals surface area contributed by atoms with Crippen molar-refractivity contribution in [1.82, 2.24) is 19.5 Å². The van der Waals surface area contributed by atoms with E-state index in [1.165, 1.54) is 9.47 Å². The van der Waals surface area contributed by atoms with Crippen LogP contribution >= 0.6 is 24.4 Å². The third kappa shape index (κ3) is 2.45. The molecule has 0 saturated carbocycles. The Hall–Kier alpha value is -1.15. The number of nitrogens with zero attached hydrogens (tertiary/aromatic N) is 4. The number of hydrogen-bond acceptors (Lipinski definition) is 4. The van der Waals surface area contributed by atoms with Crippen LogP contribution in [0.5, 0.6) is 0 Å². The Kier molecular flexibility index (Phi) is 3.64. The van der Waals surface area contributed by atoms with E-state index in [1.54, 1.807) is 4.90 Å². The van der Waals surface area contributed by atoms with E-state index in [4.69, 9.17) is 30.3 Å². The average molecular weight is 246 g/mol. The SMILES string of the molecule is CCc1nn(NC(=S)N(C)C)c(=S)n1N. The van der Waals surface area contributed by atoms with Gasteiger partial charge in [0.2, 0.25) is 4.77 Å². The predicted octanol–water partition coefficient (Wildman–Crippen LogP) is 0.0803. The lowest BCUT2D eigenvalue weighted by Crippen LogP contribution is -2.33. The molecule has 0 saturated heterocycles. The standard InChI is InChI=1S/C7H14N6S2/c1-4-5-9-13(7(15)12(5)8)10-6(14)11(2)3/h4,8H2,1-3H3,(H,10,14). The van der Waals surface area contributed by atoms with E-state index >= 15 is 0 Å². The van der Waals surface area contributed by atoms with Gasteiger partial charge in [0.05, 0.1) is 0 Å². The summed E-state index contributed by atoms with van der Waals surface area (Å²) in [5, 5.41) is 4.70. The molecule has 3 N–H and O–H groups in total. The number of nitrogens with one attached hydrogen (secondary N) is 1. The Morgan fingerprint density at radius 1 is 1.60 bits per heavy atom. The lowest BCUT2D eigenvalue weighted by atomic mass is 10.5. The first-order valence-corrected chi connectivity index (χ1v) is 5.23. The maximum absolute atomic E-state index is 5.70. The normalized spacial score (nSPS) is 10.1. The van der Waals surface area contributed by atoms with Crippen LogP contribution in [0.1, 0.15) is 12.7 Å². The molecule has 0 unspecified atom stereocenters. The Balaban J connectivity index is 2.97. The highest BCUT2D eigenvalue weighted by molar-refractivity contribution is 7.80. The van der Waals surface area contributed by atoms with E-state index in [0.717, 1.165) is 0 Å². The van der Waals surface area contributed by atoms with Crippen LogP contribution in [-0.4, -0.2) is 38.7 Å². The Morgan fingerprint density at radius 2 is 2.20 bits per heavy atom. The summed E-state index contributed by atoms with van der Waals surface area (Å²) in [6, 6.07) is 0. The summed E-state index contributed by atoms with van der Waals surface area (Å²) in [5.74, 6) is 6.40. The second-order valence-electron chi connectivity index (χ2n) is 3.15. The van der Waals surface area contributed by atoms with Gasteiger partial charge in [0.25, 0.3) is 0 Å². The molecule has 0 atom stereocenters. The quantitative estimate of drug-likeness (QED) is 0.569. The van der Waals surface area contributed by atoms with E-state index < -0.39 is 0 Å². The first kappa shape index (κ1) is 11.9. The predicted molar refractivity (Wildman–Crippen MR) is 66.2 cm³/mol. The molecule has 0 aliphatic rings. The third-order valence-corrected chi connectivity index (χ3v) is 2.63. The number of aromatic nitrogens is 3. The fraction of sp³-hybridized carbons (Fsp3) is 0.571. The van der Waals surface area contributed by atoms with Gasteiger partial charge in [0, 0.05) is 20.5 Å². The zero-order valence-electron chi connectivity index (χ0n) is 8.89. The fourth-order valence-corrected chi connectivity index (χ4v) is 1.20. The highest BCUT2D eigenvalue weighted by Gasteiger charge is 2.07. The molecule has 8 heteroatoms. The van der Waals surface area contributed by atoms with Crippen LogP contribution in [-0.2, 0) is 6.42 Å². The Morgan fingerprint density at radius 3 is 2.60 bits per heavy atom. The largest absolute Gasteiger partial charge is 0.354 e. The Labute approximate surface area is 98.6 Å². The van der Waals surface area contributed by atoms with Crippen molar-refractivity contribution in [3.8, 4) is 0 Å². The fourth-order valence-electron chi connectivity index (χ4n) is 0.923. The van der Waals surface area contributed by atoms with Gasteiger partial charge in [-0.05, 0) is 24.4 Å². The minimum absolute atomic E-state index is 0.385. The van der Waals surface area contributed by atoms with E-state index in [-0.39, 0.29) is 0 Å². The van der Waals surface area contributed by atoms with Gasteiger partial charge in [0.15, 0.2) is 10.9 Å². The van der Waals surface area contributed by atoms with Crippen LogP contribution in [0.3, 0.4) is 0 Å². The summed E-state index contributed by atoms with van der Waals surface area (Å²) < 4.78 is 1.75. The molecule has 0 radical (unpaired) electrons. The lowest BCUT2D eigenvalue weighted by molar-refractivity contribution is 0.614. The molecule has 0 spiro atoms. The van der Waals surface area contributed by atoms with Gasteiger partial charge >= 0.3 is 0 Å². The van der Waals surface area contributed by atoms with Gasteiger partial charge in [0.1, 0.15) is 0 Å². The van der Waals surface area contributed by atoms with Crippen molar-refractivity contribution in [2.24, 2.45) is 0 Å². The van der Waals surface area contributed by atoms with Crippen molar-refractivity contribution in [2.75, 3.05) is 25.4 Å². The molecule has 0 amide bonds. The molecule has 1 aromatic rings. The molecule has 0 aromatic carbocycles. The van der Waals surface area contributed by atoms with E-state index in [0.29, 0.717) is 22.1 Å². The number of rotatable bonds is 2. The summed E-state index contributed by atoms with van der Waals surface area (Å²) in [6.45, 7) is 1.95. The highest BCUT2D eigenvalue weighted by atomic mass is 32.1. The van der Waals surface area contributed by atoms with Crippen LogP contribution in [0.2, 0.25) is 0 Å². The maximum Gasteiger partial charge on any atom is 0.238 e. The van der Waals surface area contributed by atoms with Crippen molar-refractivity contribution in [1.29, 1.82) is 0 Å². The van der Waals surface area contributed by atoms with Gasteiger partial charge in [-0.2, -0.15) is 0 Å². The lowest BCUT2D eigenvalue weighted by Gasteiger charge is -2.14. The van der Waals surface area contributed by atoms with Gasteiger partial charge in [-0.3, -0.25) is 5.43 Å². The molecule has 1 rings (SSSR count). The topological polar surface area (TPSA) is 64.0 Å². The molecule has 0 aliphatic heterocycles. The zero-order valence-corrected chi connectivity index (χ0v) is 10.5. The summed E-state index contributed by atoms with van der Waals surface area (Å²) in [7, 11) is 3.66. The second kappa shape index (κ2) is 4.58. The van der Waals surface area contributed by atoms with Crippen LogP contribution in [0.4, 0.5) is 0 Å². The summed E-state index contributed by atoms with van der Waals surface area (Å²) >= 11 is 10.1. The number of aryl methyl sites for hydroxylation is 1. The second-order valence-corrected chi connectivity index (χ2v) is 3.90. The number of nitrogen functional groups attached to an aromatic ring is 1. The van der Waals surface area contributed by atoms with E-state index in [9.17, 15) is 0 Å². The molecule has 1 aromatic heterocycles. The van der Waals surface area contributed by atoms with Crippen LogP contribution < -0.4 is 11.3 Å². The third-order valence-electron chi connectivity index (χ3n) is 1.80. The van der Waals surface area contributed by atoms with Crippen molar-refractivity contribution in [3.63, 3.8) is 0 Å². The molecule has 0 fully saturated rings. The number of thiocarbonyl (C=S) groups is 1. The van der Waals surface area contributed by atoms with Crippen LogP contribution in [0, 0.1) is 4.77 Å². The highest BCUT2D eigenvalue weighted by Crippen LogP contribution is 1.96. The minimum Gasteiger partial charge on any atom is -0.354 e. The van der Waals surface area contributed by atoms with Gasteiger partial charge in [-0.25, -0.2) is 4.68 Å². The van der Waals surface area contributed by atoms with Gasteiger partial charge in [-0.1, -0.05) is 6.92 Å². The maximum atomic E-state index is 5.70. The molecule has 1 heterocycles. The van der Waals surface area contributed by atoms with Crippen molar-refractivity contribution in [2.45, 2.75) is 13.3 Å². The molecule has 84 valence electrons. The molecule has 0 aliphatic carbocycles. The molecular formula is C7H14N6S2. The van der Waals surface area contributed by atoms with Crippen molar-refractivity contribution >= 4 is 29.5 Å². The van der Waals surface area contributed by atoms with Crippen molar-refractivity contribution in [3.05, 3.63) is 10.6 Å².